The minimum absolute atomic E-state index is 0.00457. The molecule has 0 spiro atoms. The van der Waals surface area contributed by atoms with E-state index < -0.39 is 0 Å². The Morgan fingerprint density at radius 3 is 2.45 bits per heavy atom. The van der Waals surface area contributed by atoms with E-state index in [4.69, 9.17) is 4.42 Å². The second-order valence-corrected chi connectivity index (χ2v) is 5.07. The molecule has 0 radical (unpaired) electrons. The molecule has 20 heavy (non-hydrogen) atoms. The molecule has 0 aliphatic heterocycles. The number of amides is 1. The Morgan fingerprint density at radius 1 is 1.15 bits per heavy atom. The molecule has 1 saturated carbocycles. The van der Waals surface area contributed by atoms with E-state index in [1.54, 1.807) is 30.5 Å². The molecular weight excluding hydrogens is 254 g/mol. The molecule has 1 amide bonds. The number of hydrogen-bond donors (Lipinski definition) is 1. The molecule has 1 aromatic carbocycles. The highest BCUT2D eigenvalue weighted by Gasteiger charge is 2.30. The quantitative estimate of drug-likeness (QED) is 0.862. The van der Waals surface area contributed by atoms with Gasteiger partial charge in [-0.3, -0.25) is 9.59 Å². The van der Waals surface area contributed by atoms with Crippen LogP contribution in [0.25, 0.3) is 0 Å². The van der Waals surface area contributed by atoms with Crippen molar-refractivity contribution in [1.82, 2.24) is 0 Å². The van der Waals surface area contributed by atoms with Crippen LogP contribution in [-0.2, 0) is 0 Å². The Bertz CT molecular complexity index is 651. The number of carbonyl (C=O) groups is 2. The molecule has 1 fully saturated rings. The number of hydrogen-bond acceptors (Lipinski definition) is 3. The molecule has 0 saturated heterocycles. The molecule has 1 aliphatic carbocycles. The number of carbonyl (C=O) groups excluding carboxylic acids is 2. The average Bonchev–Trinajstić information content (AvgIpc) is 3.16. The first-order chi connectivity index (χ1) is 9.65. The molecule has 0 unspecified atom stereocenters. The Hall–Kier alpha value is -2.36. The highest BCUT2D eigenvalue weighted by Crippen LogP contribution is 2.42. The lowest BCUT2D eigenvalue weighted by molar-refractivity contribution is 0.0993. The summed E-state index contributed by atoms with van der Waals surface area (Å²) in [4.78, 5) is 23.4. The Balaban J connectivity index is 1.75. The van der Waals surface area contributed by atoms with E-state index in [2.05, 4.69) is 5.32 Å². The molecule has 3 rings (SSSR count). The molecule has 2 aromatic rings. The van der Waals surface area contributed by atoms with Crippen LogP contribution in [0.2, 0.25) is 0 Å². The predicted molar refractivity (Wildman–Crippen MR) is 75.1 cm³/mol. The van der Waals surface area contributed by atoms with Gasteiger partial charge in [0.15, 0.2) is 11.5 Å². The number of anilines is 1. The topological polar surface area (TPSA) is 59.3 Å². The van der Waals surface area contributed by atoms with Gasteiger partial charge >= 0.3 is 0 Å². The van der Waals surface area contributed by atoms with Crippen molar-refractivity contribution >= 4 is 17.4 Å². The summed E-state index contributed by atoms with van der Waals surface area (Å²) in [5.41, 5.74) is 2.26. The molecule has 4 nitrogen and oxygen atoms in total. The van der Waals surface area contributed by atoms with Gasteiger partial charge < -0.3 is 9.73 Å². The molecule has 1 aliphatic rings. The second kappa shape index (κ2) is 4.96. The van der Waals surface area contributed by atoms with Crippen LogP contribution < -0.4 is 5.32 Å². The molecule has 0 atom stereocenters. The fourth-order valence-corrected chi connectivity index (χ4v) is 2.20. The van der Waals surface area contributed by atoms with E-state index in [-0.39, 0.29) is 11.7 Å². The van der Waals surface area contributed by atoms with Gasteiger partial charge in [0.05, 0.1) is 6.26 Å². The summed E-state index contributed by atoms with van der Waals surface area (Å²) < 4.78 is 5.30. The Kier molecular flexibility index (Phi) is 3.14. The van der Waals surface area contributed by atoms with Crippen molar-refractivity contribution in [2.24, 2.45) is 0 Å². The number of ketones is 1. The molecule has 1 N–H and O–H groups in total. The number of Topliss-reactive ketones (excluding diaryl/α,β-unsaturated/α-hetero) is 1. The van der Waals surface area contributed by atoms with Crippen molar-refractivity contribution < 1.29 is 14.0 Å². The zero-order valence-electron chi connectivity index (χ0n) is 11.2. The van der Waals surface area contributed by atoms with E-state index in [0.29, 0.717) is 22.9 Å². The molecule has 102 valence electrons. The van der Waals surface area contributed by atoms with Crippen LogP contribution in [0.3, 0.4) is 0 Å². The van der Waals surface area contributed by atoms with Crippen molar-refractivity contribution in [2.75, 3.05) is 5.32 Å². The third-order valence-corrected chi connectivity index (χ3v) is 3.47. The maximum absolute atomic E-state index is 12.2. The van der Waals surface area contributed by atoms with Gasteiger partial charge in [0.25, 0.3) is 5.91 Å². The van der Waals surface area contributed by atoms with Crippen LogP contribution >= 0.6 is 0 Å². The highest BCUT2D eigenvalue weighted by atomic mass is 16.3. The normalized spacial score (nSPS) is 14.1. The summed E-state index contributed by atoms with van der Waals surface area (Å²) in [5.74, 6) is 0.620. The lowest BCUT2D eigenvalue weighted by Crippen LogP contribution is -2.12. The lowest BCUT2D eigenvalue weighted by Gasteiger charge is -2.05. The van der Waals surface area contributed by atoms with Crippen LogP contribution in [0.4, 0.5) is 5.69 Å². The molecule has 1 aromatic heterocycles. The van der Waals surface area contributed by atoms with Crippen LogP contribution in [0.15, 0.2) is 41.0 Å². The average molecular weight is 269 g/mol. The fourth-order valence-electron chi connectivity index (χ4n) is 2.20. The summed E-state index contributed by atoms with van der Waals surface area (Å²) >= 11 is 0. The third-order valence-electron chi connectivity index (χ3n) is 3.47. The number of furan rings is 1. The molecular formula is C16H15NO3. The monoisotopic (exact) mass is 269 g/mol. The Morgan fingerprint density at radius 2 is 1.85 bits per heavy atom. The summed E-state index contributed by atoms with van der Waals surface area (Å²) in [5, 5.41) is 2.79. The first-order valence-corrected chi connectivity index (χ1v) is 6.65. The first kappa shape index (κ1) is 12.7. The lowest BCUT2D eigenvalue weighted by atomic mass is 10.1. The van der Waals surface area contributed by atoms with Crippen molar-refractivity contribution in [3.8, 4) is 0 Å². The summed E-state index contributed by atoms with van der Waals surface area (Å²) in [7, 11) is 0. The zero-order chi connectivity index (χ0) is 14.1. The maximum Gasteiger partial charge on any atom is 0.291 e. The van der Waals surface area contributed by atoms with Crippen molar-refractivity contribution in [2.45, 2.75) is 25.7 Å². The van der Waals surface area contributed by atoms with Crippen molar-refractivity contribution in [3.05, 3.63) is 53.5 Å². The summed E-state index contributed by atoms with van der Waals surface area (Å²) in [6, 6.07) is 8.69. The van der Waals surface area contributed by atoms with E-state index in [1.807, 2.05) is 6.07 Å². The highest BCUT2D eigenvalue weighted by molar-refractivity contribution is 6.03. The minimum atomic E-state index is -0.243. The Labute approximate surface area is 116 Å². The van der Waals surface area contributed by atoms with Gasteiger partial charge in [-0.2, -0.15) is 0 Å². The van der Waals surface area contributed by atoms with E-state index in [0.717, 1.165) is 18.4 Å². The molecule has 4 heteroatoms. The van der Waals surface area contributed by atoms with Gasteiger partial charge in [-0.05, 0) is 56.0 Å². The van der Waals surface area contributed by atoms with Crippen LogP contribution in [0, 0.1) is 0 Å². The fraction of sp³-hybridized carbons (Fsp3) is 0.250. The maximum atomic E-state index is 12.2. The van der Waals surface area contributed by atoms with Crippen LogP contribution in [0.5, 0.6) is 0 Å². The van der Waals surface area contributed by atoms with Crippen LogP contribution in [0.1, 0.15) is 52.2 Å². The van der Waals surface area contributed by atoms with Gasteiger partial charge in [0, 0.05) is 16.8 Å². The summed E-state index contributed by atoms with van der Waals surface area (Å²) in [6.07, 6.45) is 3.79. The van der Waals surface area contributed by atoms with Gasteiger partial charge in [0.2, 0.25) is 0 Å². The third kappa shape index (κ3) is 2.50. The number of benzene rings is 1. The zero-order valence-corrected chi connectivity index (χ0v) is 11.2. The van der Waals surface area contributed by atoms with Gasteiger partial charge in [-0.25, -0.2) is 0 Å². The predicted octanol–water partition coefficient (Wildman–Crippen LogP) is 3.61. The SMILES string of the molecule is CC(=O)c1ccc(NC(=O)c2occc2C2CC2)cc1. The largest absolute Gasteiger partial charge is 0.459 e. The number of rotatable bonds is 4. The van der Waals surface area contributed by atoms with E-state index in [1.165, 1.54) is 6.92 Å². The van der Waals surface area contributed by atoms with Crippen LogP contribution in [-0.4, -0.2) is 11.7 Å². The smallest absolute Gasteiger partial charge is 0.291 e. The number of nitrogens with one attached hydrogen (secondary N) is 1. The van der Waals surface area contributed by atoms with Crippen molar-refractivity contribution in [1.29, 1.82) is 0 Å². The minimum Gasteiger partial charge on any atom is -0.459 e. The van der Waals surface area contributed by atoms with Gasteiger partial charge in [-0.1, -0.05) is 0 Å². The second-order valence-electron chi connectivity index (χ2n) is 5.07. The van der Waals surface area contributed by atoms with Gasteiger partial charge in [-0.15, -0.1) is 0 Å². The summed E-state index contributed by atoms with van der Waals surface area (Å²) in [6.45, 7) is 1.51. The molecule has 0 bridgehead atoms. The van der Waals surface area contributed by atoms with Gasteiger partial charge in [0.1, 0.15) is 0 Å². The van der Waals surface area contributed by atoms with E-state index >= 15 is 0 Å². The van der Waals surface area contributed by atoms with E-state index in [9.17, 15) is 9.59 Å². The molecule has 1 heterocycles. The first-order valence-electron chi connectivity index (χ1n) is 6.65. The van der Waals surface area contributed by atoms with Crippen molar-refractivity contribution in [3.63, 3.8) is 0 Å². The standard InChI is InChI=1S/C16H15NO3/c1-10(18)11-4-6-13(7-5-11)17-16(19)15-14(8-9-20-15)12-2-3-12/h4-9,12H,2-3H2,1H3,(H,17,19).